The van der Waals surface area contributed by atoms with Crippen LogP contribution in [0.3, 0.4) is 0 Å². The summed E-state index contributed by atoms with van der Waals surface area (Å²) in [6.07, 6.45) is 0.937. The molecule has 1 aliphatic heterocycles. The number of aromatic nitrogens is 2. The highest BCUT2D eigenvalue weighted by Crippen LogP contribution is 2.27. The highest BCUT2D eigenvalue weighted by Gasteiger charge is 2.36. The predicted molar refractivity (Wildman–Crippen MR) is 118 cm³/mol. The van der Waals surface area contributed by atoms with Crippen LogP contribution in [-0.4, -0.2) is 40.1 Å². The summed E-state index contributed by atoms with van der Waals surface area (Å²) >= 11 is 0. The quantitative estimate of drug-likeness (QED) is 0.351. The number of nitrogens with one attached hydrogen (secondary N) is 1. The molecule has 0 radical (unpaired) electrons. The summed E-state index contributed by atoms with van der Waals surface area (Å²) in [7, 11) is 0. The maximum Gasteiger partial charge on any atom is 0.311 e. The van der Waals surface area contributed by atoms with Crippen LogP contribution in [0.25, 0.3) is 16.6 Å². The molecule has 1 amide bonds. The van der Waals surface area contributed by atoms with E-state index in [2.05, 4.69) is 16.9 Å². The molecule has 1 atom stereocenters. The van der Waals surface area contributed by atoms with Gasteiger partial charge in [-0.1, -0.05) is 31.2 Å². The van der Waals surface area contributed by atoms with Gasteiger partial charge in [-0.15, -0.1) is 0 Å². The Balaban J connectivity index is 1.42. The predicted octanol–water partition coefficient (Wildman–Crippen LogP) is 3.51. The average Bonchev–Trinajstić information content (AvgIpc) is 3.41. The molecule has 8 heteroatoms. The van der Waals surface area contributed by atoms with Gasteiger partial charge in [0.2, 0.25) is 5.91 Å². The Bertz CT molecular complexity index is 1200. The number of allylic oxidation sites excluding steroid dienone is 1. The van der Waals surface area contributed by atoms with Gasteiger partial charge in [-0.05, 0) is 36.2 Å². The van der Waals surface area contributed by atoms with Gasteiger partial charge in [0.15, 0.2) is 11.6 Å². The van der Waals surface area contributed by atoms with Gasteiger partial charge in [0, 0.05) is 18.7 Å². The lowest BCUT2D eigenvalue weighted by atomic mass is 10.1. The lowest BCUT2D eigenvalue weighted by Crippen LogP contribution is -2.26. The summed E-state index contributed by atoms with van der Waals surface area (Å²) in [5, 5.41) is 19.8. The van der Waals surface area contributed by atoms with E-state index in [0.717, 1.165) is 23.2 Å². The number of carbonyl (C=O) groups excluding carboxylic acids is 2. The molecule has 1 aromatic heterocycles. The number of hydrogen-bond donors (Lipinski definition) is 2. The number of nitriles is 1. The number of esters is 1. The van der Waals surface area contributed by atoms with Crippen LogP contribution in [0.1, 0.15) is 24.7 Å². The molecular formula is C24H22N4O4. The molecule has 0 aliphatic carbocycles. The number of H-pyrrole nitrogens is 1. The number of fused-ring (bicyclic) bond motifs is 1. The van der Waals surface area contributed by atoms with E-state index in [4.69, 9.17) is 4.74 Å². The molecule has 162 valence electrons. The fraction of sp³-hybridized carbons (Fsp3) is 0.250. The highest BCUT2D eigenvalue weighted by atomic mass is 16.5. The van der Waals surface area contributed by atoms with Gasteiger partial charge >= 0.3 is 5.97 Å². The number of ether oxygens (including phenoxy) is 1. The zero-order chi connectivity index (χ0) is 22.7. The molecule has 32 heavy (non-hydrogen) atoms. The maximum atomic E-state index is 12.5. The molecular weight excluding hydrogens is 408 g/mol. The fourth-order valence-corrected chi connectivity index (χ4v) is 3.68. The first-order valence-corrected chi connectivity index (χ1v) is 10.3. The van der Waals surface area contributed by atoms with Crippen LogP contribution in [0, 0.1) is 17.2 Å². The number of anilines is 1. The Kier molecular flexibility index (Phi) is 5.90. The Morgan fingerprint density at radius 3 is 2.72 bits per heavy atom. The number of amides is 1. The molecule has 2 heterocycles. The van der Waals surface area contributed by atoms with E-state index >= 15 is 0 Å². The highest BCUT2D eigenvalue weighted by molar-refractivity contribution is 5.99. The SMILES string of the molecule is CCc1ccc(N2CC(C(=O)OC/C(O)=C(\C#N)c3nc4ccccc4[nH]3)CC2=O)cc1. The van der Waals surface area contributed by atoms with Crippen LogP contribution < -0.4 is 4.90 Å². The monoisotopic (exact) mass is 430 g/mol. The lowest BCUT2D eigenvalue weighted by Gasteiger charge is -2.17. The summed E-state index contributed by atoms with van der Waals surface area (Å²) in [5.41, 5.74) is 3.17. The number of nitrogens with zero attached hydrogens (tertiary/aromatic N) is 3. The first-order valence-electron chi connectivity index (χ1n) is 10.3. The molecule has 0 bridgehead atoms. The minimum Gasteiger partial charge on any atom is -0.507 e. The van der Waals surface area contributed by atoms with Crippen molar-refractivity contribution in [2.75, 3.05) is 18.1 Å². The molecule has 4 rings (SSSR count). The topological polar surface area (TPSA) is 119 Å². The second-order valence-corrected chi connectivity index (χ2v) is 7.57. The van der Waals surface area contributed by atoms with Crippen LogP contribution in [0.5, 0.6) is 0 Å². The molecule has 1 saturated heterocycles. The third kappa shape index (κ3) is 4.18. The average molecular weight is 430 g/mol. The van der Waals surface area contributed by atoms with Crippen molar-refractivity contribution < 1.29 is 19.4 Å². The minimum absolute atomic E-state index is 0.0352. The van der Waals surface area contributed by atoms with E-state index < -0.39 is 24.3 Å². The number of para-hydroxylation sites is 2. The Labute approximate surface area is 184 Å². The van der Waals surface area contributed by atoms with Gasteiger partial charge in [0.25, 0.3) is 0 Å². The van der Waals surface area contributed by atoms with Gasteiger partial charge < -0.3 is 19.7 Å². The smallest absolute Gasteiger partial charge is 0.311 e. The van der Waals surface area contributed by atoms with Crippen LogP contribution in [0.2, 0.25) is 0 Å². The van der Waals surface area contributed by atoms with E-state index in [-0.39, 0.29) is 30.3 Å². The molecule has 2 aromatic carbocycles. The largest absolute Gasteiger partial charge is 0.507 e. The normalized spacial score (nSPS) is 16.7. The molecule has 1 fully saturated rings. The third-order valence-electron chi connectivity index (χ3n) is 5.49. The third-order valence-corrected chi connectivity index (χ3v) is 5.49. The van der Waals surface area contributed by atoms with Gasteiger partial charge in [-0.2, -0.15) is 5.26 Å². The summed E-state index contributed by atoms with van der Waals surface area (Å²) in [6.45, 7) is 1.79. The second kappa shape index (κ2) is 8.94. The fourth-order valence-electron chi connectivity index (χ4n) is 3.68. The van der Waals surface area contributed by atoms with Crippen LogP contribution in [0.4, 0.5) is 5.69 Å². The summed E-state index contributed by atoms with van der Waals surface area (Å²) in [5.74, 6) is -1.61. The van der Waals surface area contributed by atoms with Crippen molar-refractivity contribution in [1.29, 1.82) is 5.26 Å². The van der Waals surface area contributed by atoms with Gasteiger partial charge in [-0.25, -0.2) is 4.98 Å². The summed E-state index contributed by atoms with van der Waals surface area (Å²) in [6, 6.07) is 16.8. The van der Waals surface area contributed by atoms with Crippen molar-refractivity contribution >= 4 is 34.2 Å². The van der Waals surface area contributed by atoms with Crippen molar-refractivity contribution in [1.82, 2.24) is 9.97 Å². The van der Waals surface area contributed by atoms with E-state index in [0.29, 0.717) is 5.52 Å². The molecule has 1 aliphatic rings. The molecule has 2 N–H and O–H groups in total. The van der Waals surface area contributed by atoms with Crippen molar-refractivity contribution in [3.05, 3.63) is 65.7 Å². The Morgan fingerprint density at radius 2 is 2.03 bits per heavy atom. The number of aliphatic hydroxyl groups excluding tert-OH is 1. The Hall–Kier alpha value is -4.12. The van der Waals surface area contributed by atoms with Crippen LogP contribution in [-0.2, 0) is 20.7 Å². The van der Waals surface area contributed by atoms with Crippen molar-refractivity contribution in [3.8, 4) is 6.07 Å². The number of aromatic amines is 1. The number of aliphatic hydroxyl groups is 1. The van der Waals surface area contributed by atoms with E-state index in [1.54, 1.807) is 17.0 Å². The van der Waals surface area contributed by atoms with Gasteiger partial charge in [0.05, 0.1) is 17.0 Å². The molecule has 1 unspecified atom stereocenters. The number of imidazole rings is 1. The number of hydrogen-bond acceptors (Lipinski definition) is 6. The first-order chi connectivity index (χ1) is 15.5. The molecule has 8 nitrogen and oxygen atoms in total. The van der Waals surface area contributed by atoms with Crippen LogP contribution in [0.15, 0.2) is 54.3 Å². The molecule has 3 aromatic rings. The molecule has 0 spiro atoms. The zero-order valence-electron chi connectivity index (χ0n) is 17.5. The van der Waals surface area contributed by atoms with Gasteiger partial charge in [0.1, 0.15) is 18.2 Å². The van der Waals surface area contributed by atoms with E-state index in [9.17, 15) is 20.0 Å². The number of aryl methyl sites for hydroxylation is 1. The lowest BCUT2D eigenvalue weighted by molar-refractivity contribution is -0.148. The number of carbonyl (C=O) groups is 2. The minimum atomic E-state index is -0.641. The summed E-state index contributed by atoms with van der Waals surface area (Å²) < 4.78 is 5.22. The van der Waals surface area contributed by atoms with Crippen molar-refractivity contribution in [2.24, 2.45) is 5.92 Å². The van der Waals surface area contributed by atoms with Crippen molar-refractivity contribution in [2.45, 2.75) is 19.8 Å². The Morgan fingerprint density at radius 1 is 1.28 bits per heavy atom. The van der Waals surface area contributed by atoms with Crippen LogP contribution >= 0.6 is 0 Å². The van der Waals surface area contributed by atoms with Gasteiger partial charge in [-0.3, -0.25) is 9.59 Å². The van der Waals surface area contributed by atoms with E-state index in [1.165, 1.54) is 0 Å². The molecule has 0 saturated carbocycles. The number of rotatable bonds is 6. The second-order valence-electron chi connectivity index (χ2n) is 7.57. The van der Waals surface area contributed by atoms with Crippen molar-refractivity contribution in [3.63, 3.8) is 0 Å². The maximum absolute atomic E-state index is 12.5. The van der Waals surface area contributed by atoms with E-state index in [1.807, 2.05) is 42.5 Å². The standard InChI is InChI=1S/C24H22N4O4/c1-2-15-7-9-17(10-8-15)28-13-16(11-22(28)30)24(31)32-14-21(29)18(12-25)23-26-19-5-3-4-6-20(19)27-23/h3-10,16,29H,2,11,13-14H2,1H3,(H,26,27)/b21-18-. The number of benzene rings is 2. The zero-order valence-corrected chi connectivity index (χ0v) is 17.5. The first kappa shape index (κ1) is 21.1. The summed E-state index contributed by atoms with van der Waals surface area (Å²) in [4.78, 5) is 33.7.